The predicted octanol–water partition coefficient (Wildman–Crippen LogP) is -2.20. The molecule has 0 aliphatic heterocycles. The summed E-state index contributed by atoms with van der Waals surface area (Å²) in [6.45, 7) is -0.391. The Morgan fingerprint density at radius 1 is 1.40 bits per heavy atom. The molecular weight excluding hydrogens is 200 g/mol. The first-order valence-electron chi connectivity index (χ1n) is 4.16. The second-order valence-corrected chi connectivity index (χ2v) is 2.81. The zero-order valence-corrected chi connectivity index (χ0v) is 7.88. The lowest BCUT2D eigenvalue weighted by atomic mass is 10.2. The molecule has 0 aliphatic rings. The number of aliphatic carboxylic acids is 1. The van der Waals surface area contributed by atoms with Crippen LogP contribution in [0.3, 0.4) is 0 Å². The number of ether oxygens (including phenoxy) is 1. The van der Waals surface area contributed by atoms with Crippen molar-refractivity contribution in [3.63, 3.8) is 0 Å². The fraction of sp³-hybridized carbons (Fsp3) is 0.222. The highest BCUT2D eigenvalue weighted by Crippen LogP contribution is 1.92. The lowest BCUT2D eigenvalue weighted by Crippen LogP contribution is -2.37. The van der Waals surface area contributed by atoms with Gasteiger partial charge in [0.05, 0.1) is 18.1 Å². The molecule has 6 heteroatoms. The average molecular weight is 210 g/mol. The lowest BCUT2D eigenvalue weighted by molar-refractivity contribution is -0.732. The molecule has 0 atom stereocenters. The highest BCUT2D eigenvalue weighted by molar-refractivity contribution is 5.92. The van der Waals surface area contributed by atoms with E-state index in [1.165, 1.54) is 12.1 Å². The van der Waals surface area contributed by atoms with Gasteiger partial charge >= 0.3 is 0 Å². The van der Waals surface area contributed by atoms with Crippen LogP contribution in [0.2, 0.25) is 0 Å². The molecule has 80 valence electrons. The van der Waals surface area contributed by atoms with Gasteiger partial charge in [-0.3, -0.25) is 4.79 Å². The number of pyridine rings is 1. The molecule has 0 saturated heterocycles. The molecule has 0 aromatic carbocycles. The summed E-state index contributed by atoms with van der Waals surface area (Å²) in [5.41, 5.74) is 5.42. The van der Waals surface area contributed by atoms with Crippen molar-refractivity contribution in [1.29, 1.82) is 0 Å². The number of hydrogen-bond donors (Lipinski definition) is 1. The largest absolute Gasteiger partial charge is 0.548 e. The molecule has 0 aliphatic carbocycles. The number of nitrogens with zero attached hydrogens (tertiary/aromatic N) is 1. The van der Waals surface area contributed by atoms with E-state index >= 15 is 0 Å². The zero-order chi connectivity index (χ0) is 11.3. The van der Waals surface area contributed by atoms with Crippen LogP contribution in [0, 0.1) is 0 Å². The minimum atomic E-state index is -1.27. The fourth-order valence-electron chi connectivity index (χ4n) is 0.942. The number of rotatable bonds is 5. The molecule has 0 saturated carbocycles. The topological polar surface area (TPSA) is 96.3 Å². The van der Waals surface area contributed by atoms with Crippen LogP contribution in [0.25, 0.3) is 0 Å². The molecule has 2 N–H and O–H groups in total. The van der Waals surface area contributed by atoms with Crippen molar-refractivity contribution in [3.8, 4) is 0 Å². The van der Waals surface area contributed by atoms with Gasteiger partial charge in [-0.25, -0.2) is 0 Å². The number of carboxylic acids is 1. The van der Waals surface area contributed by atoms with Gasteiger partial charge in [-0.2, -0.15) is 4.57 Å². The van der Waals surface area contributed by atoms with E-state index in [2.05, 4.69) is 0 Å². The van der Waals surface area contributed by atoms with Gasteiger partial charge in [0, 0.05) is 12.1 Å². The van der Waals surface area contributed by atoms with Crippen LogP contribution in [-0.2, 0) is 16.3 Å². The summed E-state index contributed by atoms with van der Waals surface area (Å²) in [5.74, 6) is -1.79. The molecule has 1 rings (SSSR count). The molecule has 1 heterocycles. The lowest BCUT2D eigenvalue weighted by Gasteiger charge is -2.01. The Morgan fingerprint density at radius 3 is 2.47 bits per heavy atom. The number of nitrogens with two attached hydrogens (primary N) is 1. The van der Waals surface area contributed by atoms with E-state index in [1.807, 2.05) is 0 Å². The molecule has 0 unspecified atom stereocenters. The maximum absolute atomic E-state index is 10.7. The first-order valence-corrected chi connectivity index (χ1v) is 4.16. The maximum atomic E-state index is 10.7. The third-order valence-electron chi connectivity index (χ3n) is 1.64. The molecule has 1 amide bonds. The SMILES string of the molecule is NC(=O)c1cc[n+](COCC(=O)[O-])cc1. The summed E-state index contributed by atoms with van der Waals surface area (Å²) in [7, 11) is 0. The molecule has 0 fully saturated rings. The maximum Gasteiger partial charge on any atom is 0.252 e. The Kier molecular flexibility index (Phi) is 3.75. The van der Waals surface area contributed by atoms with Crippen molar-refractivity contribution in [2.45, 2.75) is 6.73 Å². The number of carbonyl (C=O) groups excluding carboxylic acids is 2. The van der Waals surface area contributed by atoms with Crippen LogP contribution in [0.5, 0.6) is 0 Å². The van der Waals surface area contributed by atoms with Crippen molar-refractivity contribution < 1.29 is 24.0 Å². The summed E-state index contributed by atoms with van der Waals surface area (Å²) in [6, 6.07) is 3.04. The molecule has 6 nitrogen and oxygen atoms in total. The summed E-state index contributed by atoms with van der Waals surface area (Å²) in [4.78, 5) is 20.7. The first-order chi connectivity index (χ1) is 7.09. The van der Waals surface area contributed by atoms with E-state index in [4.69, 9.17) is 10.5 Å². The Balaban J connectivity index is 2.50. The monoisotopic (exact) mass is 210 g/mol. The molecule has 1 aromatic heterocycles. The van der Waals surface area contributed by atoms with Crippen LogP contribution in [-0.4, -0.2) is 18.5 Å². The normalized spacial score (nSPS) is 9.87. The van der Waals surface area contributed by atoms with E-state index in [0.29, 0.717) is 5.56 Å². The number of amides is 1. The minimum Gasteiger partial charge on any atom is -0.548 e. The van der Waals surface area contributed by atoms with Gasteiger partial charge in [0.2, 0.25) is 5.91 Å². The number of aromatic nitrogens is 1. The summed E-state index contributed by atoms with van der Waals surface area (Å²) < 4.78 is 6.33. The van der Waals surface area contributed by atoms with Crippen molar-refractivity contribution in [1.82, 2.24) is 0 Å². The third kappa shape index (κ3) is 3.74. The molecule has 15 heavy (non-hydrogen) atoms. The molecule has 0 radical (unpaired) electrons. The highest BCUT2D eigenvalue weighted by Gasteiger charge is 2.03. The van der Waals surface area contributed by atoms with Crippen LogP contribution in [0.1, 0.15) is 10.4 Å². The van der Waals surface area contributed by atoms with Gasteiger partial charge in [-0.05, 0) is 0 Å². The first kappa shape index (κ1) is 11.1. The highest BCUT2D eigenvalue weighted by atomic mass is 16.5. The number of carbonyl (C=O) groups is 2. The standard InChI is InChI=1S/C9H10N2O4/c10-9(14)7-1-3-11(4-2-7)6-15-5-8(12)13/h1-4H,5-6H2,(H2-,10,12,13,14). The fourth-order valence-corrected chi connectivity index (χ4v) is 0.942. The molecule has 1 aromatic rings. The van der Waals surface area contributed by atoms with Crippen molar-refractivity contribution in [2.75, 3.05) is 6.61 Å². The molecule has 0 bridgehead atoms. The Hall–Kier alpha value is -1.95. The average Bonchev–Trinajstić information content (AvgIpc) is 2.18. The summed E-state index contributed by atoms with van der Waals surface area (Å²) >= 11 is 0. The van der Waals surface area contributed by atoms with Crippen LogP contribution < -0.4 is 15.4 Å². The van der Waals surface area contributed by atoms with E-state index in [0.717, 1.165) is 0 Å². The Labute approximate surface area is 85.9 Å². The summed E-state index contributed by atoms with van der Waals surface area (Å²) in [5, 5.41) is 10.0. The summed E-state index contributed by atoms with van der Waals surface area (Å²) in [6.07, 6.45) is 3.13. The number of hydrogen-bond acceptors (Lipinski definition) is 4. The third-order valence-corrected chi connectivity index (χ3v) is 1.64. The van der Waals surface area contributed by atoms with Gasteiger partial charge in [0.1, 0.15) is 0 Å². The van der Waals surface area contributed by atoms with Gasteiger partial charge in [-0.15, -0.1) is 0 Å². The van der Waals surface area contributed by atoms with E-state index < -0.39 is 18.5 Å². The predicted molar refractivity (Wildman–Crippen MR) is 46.1 cm³/mol. The second-order valence-electron chi connectivity index (χ2n) is 2.81. The van der Waals surface area contributed by atoms with Gasteiger partial charge in [0.25, 0.3) is 6.73 Å². The van der Waals surface area contributed by atoms with Crippen molar-refractivity contribution in [2.24, 2.45) is 5.73 Å². The minimum absolute atomic E-state index is 0.0764. The second kappa shape index (κ2) is 5.06. The van der Waals surface area contributed by atoms with E-state index in [9.17, 15) is 14.7 Å². The number of primary amides is 1. The number of carboxylic acid groups (broad SMARTS) is 1. The van der Waals surface area contributed by atoms with E-state index in [1.54, 1.807) is 17.0 Å². The Morgan fingerprint density at radius 2 is 2.00 bits per heavy atom. The quantitative estimate of drug-likeness (QED) is 0.557. The zero-order valence-electron chi connectivity index (χ0n) is 7.88. The van der Waals surface area contributed by atoms with Crippen LogP contribution in [0.4, 0.5) is 0 Å². The van der Waals surface area contributed by atoms with Crippen molar-refractivity contribution in [3.05, 3.63) is 30.1 Å². The van der Waals surface area contributed by atoms with Crippen molar-refractivity contribution >= 4 is 11.9 Å². The molecule has 0 spiro atoms. The van der Waals surface area contributed by atoms with Gasteiger partial charge in [0.15, 0.2) is 12.4 Å². The molecular formula is C9H10N2O4. The van der Waals surface area contributed by atoms with Crippen LogP contribution in [0.15, 0.2) is 24.5 Å². The smallest absolute Gasteiger partial charge is 0.252 e. The van der Waals surface area contributed by atoms with Crippen LogP contribution >= 0.6 is 0 Å². The van der Waals surface area contributed by atoms with E-state index in [-0.39, 0.29) is 6.73 Å². The van der Waals surface area contributed by atoms with Gasteiger partial charge < -0.3 is 20.4 Å². The van der Waals surface area contributed by atoms with Gasteiger partial charge in [-0.1, -0.05) is 0 Å². The Bertz CT molecular complexity index is 361.